The van der Waals surface area contributed by atoms with Crippen molar-refractivity contribution in [1.82, 2.24) is 4.90 Å². The average molecular weight is 227 g/mol. The first-order valence-corrected chi connectivity index (χ1v) is 5.52. The van der Waals surface area contributed by atoms with Crippen LogP contribution in [0.4, 0.5) is 0 Å². The molecule has 0 fully saturated rings. The highest BCUT2D eigenvalue weighted by Crippen LogP contribution is 2.04. The Bertz CT molecular complexity index is 259. The fourth-order valence-electron chi connectivity index (χ4n) is 1.38. The van der Waals surface area contributed by atoms with Crippen molar-refractivity contribution in [2.75, 3.05) is 13.1 Å². The molecule has 0 aromatic carbocycles. The molecule has 0 unspecified atom stereocenters. The number of carboxylic acids is 1. The number of amides is 1. The number of nitrogens with zero attached hydrogens (tertiary/aromatic N) is 1. The molecule has 1 amide bonds. The third-order valence-electron chi connectivity index (χ3n) is 1.85. The van der Waals surface area contributed by atoms with E-state index in [9.17, 15) is 9.59 Å². The quantitative estimate of drug-likeness (QED) is 0.703. The van der Waals surface area contributed by atoms with Crippen LogP contribution in [0.5, 0.6) is 0 Å². The summed E-state index contributed by atoms with van der Waals surface area (Å²) in [4.78, 5) is 23.7. The summed E-state index contributed by atoms with van der Waals surface area (Å²) in [6.45, 7) is 9.42. The van der Waals surface area contributed by atoms with Crippen molar-refractivity contribution in [2.24, 2.45) is 11.8 Å². The molecule has 0 aliphatic rings. The number of aliphatic carboxylic acids is 1. The fraction of sp³-hybridized carbons (Fsp3) is 0.667. The van der Waals surface area contributed by atoms with E-state index in [-0.39, 0.29) is 5.91 Å². The van der Waals surface area contributed by atoms with Gasteiger partial charge in [0, 0.05) is 25.2 Å². The molecule has 1 N–H and O–H groups in total. The van der Waals surface area contributed by atoms with Crippen molar-refractivity contribution in [3.05, 3.63) is 12.2 Å². The highest BCUT2D eigenvalue weighted by atomic mass is 16.4. The second kappa shape index (κ2) is 7.04. The first kappa shape index (κ1) is 14.7. The van der Waals surface area contributed by atoms with Crippen LogP contribution in [-0.4, -0.2) is 35.0 Å². The standard InChI is InChI=1S/C12H21NO3/c1-9(2)7-13(8-10(3)4)11(14)5-6-12(15)16/h5-6,9-10H,7-8H2,1-4H3,(H,15,16)/b6-5+. The first-order chi connectivity index (χ1) is 7.32. The number of carbonyl (C=O) groups excluding carboxylic acids is 1. The van der Waals surface area contributed by atoms with Gasteiger partial charge in [0.15, 0.2) is 0 Å². The maximum Gasteiger partial charge on any atom is 0.328 e. The molecule has 0 atom stereocenters. The Balaban J connectivity index is 4.49. The zero-order chi connectivity index (χ0) is 12.7. The smallest absolute Gasteiger partial charge is 0.328 e. The van der Waals surface area contributed by atoms with Gasteiger partial charge in [-0.25, -0.2) is 4.79 Å². The molecule has 0 rings (SSSR count). The van der Waals surface area contributed by atoms with Gasteiger partial charge < -0.3 is 10.0 Å². The van der Waals surface area contributed by atoms with E-state index in [1.54, 1.807) is 4.90 Å². The van der Waals surface area contributed by atoms with E-state index in [1.165, 1.54) is 0 Å². The molecular formula is C12H21NO3. The number of carbonyl (C=O) groups is 2. The minimum absolute atomic E-state index is 0.232. The van der Waals surface area contributed by atoms with Gasteiger partial charge in [-0.2, -0.15) is 0 Å². The van der Waals surface area contributed by atoms with Gasteiger partial charge in [-0.3, -0.25) is 4.79 Å². The fourth-order valence-corrected chi connectivity index (χ4v) is 1.38. The maximum atomic E-state index is 11.7. The van der Waals surface area contributed by atoms with Gasteiger partial charge in [0.1, 0.15) is 0 Å². The number of hydrogen-bond acceptors (Lipinski definition) is 2. The van der Waals surface area contributed by atoms with E-state index in [0.29, 0.717) is 24.9 Å². The van der Waals surface area contributed by atoms with Crippen LogP contribution in [0, 0.1) is 11.8 Å². The van der Waals surface area contributed by atoms with Crippen molar-refractivity contribution in [3.63, 3.8) is 0 Å². The third-order valence-corrected chi connectivity index (χ3v) is 1.85. The highest BCUT2D eigenvalue weighted by Gasteiger charge is 2.13. The van der Waals surface area contributed by atoms with Crippen LogP contribution in [0.15, 0.2) is 12.2 Å². The topological polar surface area (TPSA) is 57.6 Å². The molecule has 0 saturated heterocycles. The number of hydrogen-bond donors (Lipinski definition) is 1. The molecular weight excluding hydrogens is 206 g/mol. The van der Waals surface area contributed by atoms with Crippen molar-refractivity contribution < 1.29 is 14.7 Å². The lowest BCUT2D eigenvalue weighted by Gasteiger charge is -2.25. The molecule has 0 saturated carbocycles. The van der Waals surface area contributed by atoms with Gasteiger partial charge in [0.2, 0.25) is 5.91 Å². The Labute approximate surface area is 96.9 Å². The zero-order valence-corrected chi connectivity index (χ0v) is 10.4. The van der Waals surface area contributed by atoms with Crippen LogP contribution in [-0.2, 0) is 9.59 Å². The summed E-state index contributed by atoms with van der Waals surface area (Å²) in [5.74, 6) is -0.575. The predicted molar refractivity (Wildman–Crippen MR) is 63.0 cm³/mol. The Kier molecular flexibility index (Phi) is 6.46. The summed E-state index contributed by atoms with van der Waals surface area (Å²) >= 11 is 0. The average Bonchev–Trinajstić information content (AvgIpc) is 2.11. The van der Waals surface area contributed by atoms with Crippen molar-refractivity contribution in [1.29, 1.82) is 0 Å². The normalized spacial score (nSPS) is 11.4. The summed E-state index contributed by atoms with van der Waals surface area (Å²) in [6.07, 6.45) is 2.00. The zero-order valence-electron chi connectivity index (χ0n) is 10.4. The Morgan fingerprint density at radius 1 is 1.06 bits per heavy atom. The molecule has 0 aromatic rings. The van der Waals surface area contributed by atoms with Gasteiger partial charge in [-0.15, -0.1) is 0 Å². The molecule has 0 spiro atoms. The molecule has 0 aliphatic heterocycles. The number of rotatable bonds is 6. The molecule has 0 aromatic heterocycles. The van der Waals surface area contributed by atoms with Crippen LogP contribution >= 0.6 is 0 Å². The van der Waals surface area contributed by atoms with Gasteiger partial charge in [0.05, 0.1) is 0 Å². The summed E-state index contributed by atoms with van der Waals surface area (Å²) < 4.78 is 0. The van der Waals surface area contributed by atoms with Crippen LogP contribution in [0.3, 0.4) is 0 Å². The number of carboxylic acid groups (broad SMARTS) is 1. The second-order valence-corrected chi connectivity index (χ2v) is 4.70. The van der Waals surface area contributed by atoms with Crippen molar-refractivity contribution in [2.45, 2.75) is 27.7 Å². The van der Waals surface area contributed by atoms with Gasteiger partial charge >= 0.3 is 5.97 Å². The monoisotopic (exact) mass is 227 g/mol. The molecule has 0 aliphatic carbocycles. The molecule has 92 valence electrons. The summed E-state index contributed by atoms with van der Waals surface area (Å²) in [5.41, 5.74) is 0. The van der Waals surface area contributed by atoms with Gasteiger partial charge in [-0.1, -0.05) is 27.7 Å². The van der Waals surface area contributed by atoms with E-state index in [0.717, 1.165) is 12.2 Å². The SMILES string of the molecule is CC(C)CN(CC(C)C)C(=O)/C=C/C(=O)O. The Hall–Kier alpha value is -1.32. The van der Waals surface area contributed by atoms with Crippen LogP contribution < -0.4 is 0 Å². The van der Waals surface area contributed by atoms with E-state index in [4.69, 9.17) is 5.11 Å². The van der Waals surface area contributed by atoms with E-state index in [2.05, 4.69) is 0 Å². The minimum Gasteiger partial charge on any atom is -0.478 e. The van der Waals surface area contributed by atoms with Crippen LogP contribution in [0.1, 0.15) is 27.7 Å². The van der Waals surface area contributed by atoms with E-state index >= 15 is 0 Å². The molecule has 4 nitrogen and oxygen atoms in total. The lowest BCUT2D eigenvalue weighted by Crippen LogP contribution is -2.35. The Morgan fingerprint density at radius 2 is 1.50 bits per heavy atom. The van der Waals surface area contributed by atoms with E-state index in [1.807, 2.05) is 27.7 Å². The van der Waals surface area contributed by atoms with Gasteiger partial charge in [0.25, 0.3) is 0 Å². The molecule has 0 bridgehead atoms. The lowest BCUT2D eigenvalue weighted by atomic mass is 10.1. The van der Waals surface area contributed by atoms with Gasteiger partial charge in [-0.05, 0) is 11.8 Å². The minimum atomic E-state index is -1.10. The largest absolute Gasteiger partial charge is 0.478 e. The maximum absolute atomic E-state index is 11.7. The lowest BCUT2D eigenvalue weighted by molar-refractivity contribution is -0.132. The van der Waals surface area contributed by atoms with Crippen LogP contribution in [0.25, 0.3) is 0 Å². The van der Waals surface area contributed by atoms with E-state index < -0.39 is 5.97 Å². The summed E-state index contributed by atoms with van der Waals surface area (Å²) in [5, 5.41) is 8.45. The molecule has 4 heteroatoms. The summed E-state index contributed by atoms with van der Waals surface area (Å²) in [7, 11) is 0. The molecule has 0 radical (unpaired) electrons. The predicted octanol–water partition coefficient (Wildman–Crippen LogP) is 1.77. The van der Waals surface area contributed by atoms with Crippen molar-refractivity contribution >= 4 is 11.9 Å². The van der Waals surface area contributed by atoms with Crippen molar-refractivity contribution in [3.8, 4) is 0 Å². The first-order valence-electron chi connectivity index (χ1n) is 5.52. The van der Waals surface area contributed by atoms with Crippen LogP contribution in [0.2, 0.25) is 0 Å². The highest BCUT2D eigenvalue weighted by molar-refractivity contribution is 5.93. The Morgan fingerprint density at radius 3 is 1.81 bits per heavy atom. The molecule has 0 heterocycles. The summed E-state index contributed by atoms with van der Waals surface area (Å²) in [6, 6.07) is 0. The third kappa shape index (κ3) is 7.04. The second-order valence-electron chi connectivity index (χ2n) is 4.70. The molecule has 16 heavy (non-hydrogen) atoms.